The minimum atomic E-state index is 0. The van der Waals surface area contributed by atoms with Crippen molar-refractivity contribution in [2.45, 2.75) is 32.2 Å². The number of rotatable bonds is 4. The Morgan fingerprint density at radius 1 is 0.967 bits per heavy atom. The second-order valence-electron chi connectivity index (χ2n) is 9.00. The van der Waals surface area contributed by atoms with Crippen molar-refractivity contribution in [3.8, 4) is 0 Å². The van der Waals surface area contributed by atoms with Crippen LogP contribution in [0.3, 0.4) is 0 Å². The zero-order valence-electron chi connectivity index (χ0n) is 18.0. The van der Waals surface area contributed by atoms with E-state index in [0.29, 0.717) is 0 Å². The predicted octanol–water partition coefficient (Wildman–Crippen LogP) is 5.28. The minimum Gasteiger partial charge on any atom is -0.337 e. The minimum absolute atomic E-state index is 0. The van der Waals surface area contributed by atoms with Gasteiger partial charge in [-0.15, -0.1) is 24.0 Å². The number of aromatic nitrogens is 2. The summed E-state index contributed by atoms with van der Waals surface area (Å²) in [6.45, 7) is 2.30. The van der Waals surface area contributed by atoms with E-state index in [9.17, 15) is 0 Å². The van der Waals surface area contributed by atoms with Crippen LogP contribution < -0.4 is 0 Å². The average Bonchev–Trinajstić information content (AvgIpc) is 3.55. The summed E-state index contributed by atoms with van der Waals surface area (Å²) in [6.07, 6.45) is 25.2. The van der Waals surface area contributed by atoms with E-state index >= 15 is 0 Å². The smallest absolute Gasteiger partial charge is 0.337 e. The van der Waals surface area contributed by atoms with Gasteiger partial charge in [-0.1, -0.05) is 56.0 Å². The Bertz CT molecular complexity index is 849. The molecule has 2 heterocycles. The van der Waals surface area contributed by atoms with Crippen molar-refractivity contribution < 1.29 is 9.15 Å². The zero-order chi connectivity index (χ0) is 20.2. The van der Waals surface area contributed by atoms with E-state index in [4.69, 9.17) is 0 Å². The van der Waals surface area contributed by atoms with Gasteiger partial charge in [0.1, 0.15) is 0 Å². The molecule has 6 unspecified atom stereocenters. The van der Waals surface area contributed by atoms with Gasteiger partial charge in [-0.05, 0) is 60.2 Å². The molecule has 1 aliphatic heterocycles. The molecule has 4 bridgehead atoms. The van der Waals surface area contributed by atoms with Crippen molar-refractivity contribution in [2.75, 3.05) is 18.5 Å². The van der Waals surface area contributed by atoms with Crippen LogP contribution in [0.15, 0.2) is 55.4 Å². The van der Waals surface area contributed by atoms with Crippen molar-refractivity contribution in [3.05, 3.63) is 55.4 Å². The lowest BCUT2D eigenvalue weighted by molar-refractivity contribution is -0.477. The summed E-state index contributed by atoms with van der Waals surface area (Å²) >= 11 is 2.15. The molecule has 0 aromatic carbocycles. The molecule has 4 nitrogen and oxygen atoms in total. The highest BCUT2D eigenvalue weighted by Crippen LogP contribution is 2.44. The van der Waals surface area contributed by atoms with Crippen molar-refractivity contribution in [1.29, 1.82) is 0 Å². The van der Waals surface area contributed by atoms with E-state index in [1.807, 2.05) is 29.1 Å². The van der Waals surface area contributed by atoms with E-state index < -0.39 is 0 Å². The van der Waals surface area contributed by atoms with Crippen molar-refractivity contribution in [1.82, 2.24) is 9.55 Å². The third-order valence-corrected chi connectivity index (χ3v) is 7.02. The number of fused-ring (bicyclic) bond motifs is 4. The molecule has 0 spiro atoms. The second kappa shape index (κ2) is 11.2. The zero-order valence-corrected chi connectivity index (χ0v) is 22.5. The maximum absolute atomic E-state index is 4.07. The number of imidazole rings is 1. The summed E-state index contributed by atoms with van der Waals surface area (Å²) in [4.78, 5) is 6.04. The van der Waals surface area contributed by atoms with Crippen molar-refractivity contribution >= 4 is 52.6 Å². The Hall–Kier alpha value is -0.730. The quantitative estimate of drug-likeness (QED) is 0.192. The van der Waals surface area contributed by atoms with Crippen LogP contribution in [0, 0.1) is 35.5 Å². The molecular formula is C24H34I2N4+2. The van der Waals surface area contributed by atoms with Crippen molar-refractivity contribution in [3.63, 3.8) is 0 Å². The highest BCUT2D eigenvalue weighted by molar-refractivity contribution is 14.1. The van der Waals surface area contributed by atoms with Crippen LogP contribution in [-0.4, -0.2) is 43.2 Å². The molecule has 0 radical (unpaired) electrons. The molecule has 1 aromatic heterocycles. The van der Waals surface area contributed by atoms with Crippen LogP contribution in [0.4, 0.5) is 0 Å². The largest absolute Gasteiger partial charge is 0.488 e. The molecule has 30 heavy (non-hydrogen) atoms. The lowest BCUT2D eigenvalue weighted by Gasteiger charge is -2.17. The van der Waals surface area contributed by atoms with Gasteiger partial charge in [0.2, 0.25) is 12.4 Å². The highest BCUT2D eigenvalue weighted by atomic mass is 127. The second-order valence-corrected chi connectivity index (χ2v) is 9.00. The van der Waals surface area contributed by atoms with Crippen LogP contribution in [0.2, 0.25) is 0 Å². The summed E-state index contributed by atoms with van der Waals surface area (Å²) in [5.74, 6) is 5.19. The fourth-order valence-electron chi connectivity index (χ4n) is 5.68. The molecule has 0 saturated heterocycles. The first-order valence-electron chi connectivity index (χ1n) is 10.9. The molecule has 6 atom stereocenters. The molecule has 4 aliphatic carbocycles. The van der Waals surface area contributed by atoms with Crippen LogP contribution in [-0.2, 0) is 6.54 Å². The van der Waals surface area contributed by atoms with E-state index in [-0.39, 0.29) is 24.0 Å². The van der Waals surface area contributed by atoms with Crippen LogP contribution in [0.25, 0.3) is 0 Å². The number of halogens is 2. The van der Waals surface area contributed by atoms with Gasteiger partial charge in [-0.25, -0.2) is 4.98 Å². The Balaban J connectivity index is 0.000000153. The van der Waals surface area contributed by atoms with Gasteiger partial charge in [-0.2, -0.15) is 0 Å². The molecule has 6 heteroatoms. The Morgan fingerprint density at radius 3 is 2.10 bits per heavy atom. The first-order valence-corrected chi connectivity index (χ1v) is 13.0. The fourth-order valence-corrected chi connectivity index (χ4v) is 5.68. The maximum Gasteiger partial charge on any atom is 0.488 e. The third kappa shape index (κ3) is 5.74. The van der Waals surface area contributed by atoms with Gasteiger partial charge < -0.3 is 4.57 Å². The Kier molecular flexibility index (Phi) is 8.95. The maximum atomic E-state index is 4.07. The molecule has 1 aromatic rings. The van der Waals surface area contributed by atoms with Gasteiger partial charge in [0.25, 0.3) is 0 Å². The van der Waals surface area contributed by atoms with Crippen LogP contribution in [0.5, 0.6) is 0 Å². The SMILES string of the molecule is C1=CC2CC1CC2Cn1ccnc1.CI.C[N+]1=C=[N+](CC2CC3C=CC2C3)C=C1.I. The molecule has 2 saturated carbocycles. The predicted molar refractivity (Wildman–Crippen MR) is 141 cm³/mol. The molecule has 0 N–H and O–H groups in total. The number of hydrogen-bond donors (Lipinski definition) is 0. The summed E-state index contributed by atoms with van der Waals surface area (Å²) in [7, 11) is 2.03. The Morgan fingerprint density at radius 2 is 1.63 bits per heavy atom. The molecule has 162 valence electrons. The lowest BCUT2D eigenvalue weighted by atomic mass is 9.93. The molecule has 2 fully saturated rings. The molecule has 6 rings (SSSR count). The van der Waals surface area contributed by atoms with Gasteiger partial charge >= 0.3 is 6.01 Å². The van der Waals surface area contributed by atoms with E-state index in [1.165, 1.54) is 25.7 Å². The lowest BCUT2D eigenvalue weighted by Crippen LogP contribution is -2.19. The number of allylic oxidation sites excluding steroid dienone is 4. The average molecular weight is 632 g/mol. The first kappa shape index (κ1) is 23.9. The fraction of sp³-hybridized carbons (Fsp3) is 0.583. The third-order valence-electron chi connectivity index (χ3n) is 7.02. The summed E-state index contributed by atoms with van der Waals surface area (Å²) < 4.78 is 6.39. The summed E-state index contributed by atoms with van der Waals surface area (Å²) in [6, 6.07) is 3.27. The monoisotopic (exact) mass is 632 g/mol. The highest BCUT2D eigenvalue weighted by Gasteiger charge is 2.38. The normalized spacial score (nSPS) is 33.4. The van der Waals surface area contributed by atoms with Gasteiger partial charge in [0.05, 0.1) is 6.33 Å². The Labute approximate surface area is 211 Å². The number of alkyl halides is 1. The first-order chi connectivity index (χ1) is 14.2. The van der Waals surface area contributed by atoms with Gasteiger partial charge in [0, 0.05) is 24.9 Å². The van der Waals surface area contributed by atoms with E-state index in [0.717, 1.165) is 48.6 Å². The molecule has 5 aliphatic rings. The van der Waals surface area contributed by atoms with Crippen molar-refractivity contribution in [2.24, 2.45) is 35.5 Å². The van der Waals surface area contributed by atoms with Gasteiger partial charge in [0.15, 0.2) is 13.6 Å². The summed E-state index contributed by atoms with van der Waals surface area (Å²) in [5, 5.41) is 0. The standard InChI is InChI=1S/C12H16N2.C11H14N2.CH3I.HI/c1-13-4-5-14(9-13)8-12-7-10-2-3-11(12)6-10;1-2-10-5-9(1)6-11(10)7-13-4-3-12-8-13;1-2;/h2-5,10-12H,6-8H2,1H3;1-4,8-11H,5-7H2;1H3;1H/q+2;;;. The van der Waals surface area contributed by atoms with E-state index in [1.54, 1.807) is 0 Å². The molecular weight excluding hydrogens is 598 g/mol. The summed E-state index contributed by atoms with van der Waals surface area (Å²) in [5.41, 5.74) is 0. The van der Waals surface area contributed by atoms with Crippen LogP contribution in [0.1, 0.15) is 25.7 Å². The number of nitrogens with zero attached hydrogens (tertiary/aromatic N) is 4. The van der Waals surface area contributed by atoms with E-state index in [2.05, 4.69) is 85.6 Å². The van der Waals surface area contributed by atoms with Crippen LogP contribution >= 0.6 is 46.6 Å². The molecule has 0 amide bonds. The van der Waals surface area contributed by atoms with Gasteiger partial charge in [-0.3, -0.25) is 0 Å². The topological polar surface area (TPSA) is 23.8 Å². The number of hydrogen-bond acceptors (Lipinski definition) is 1.